The lowest BCUT2D eigenvalue weighted by molar-refractivity contribution is -0.118. The molecule has 122 valence electrons. The van der Waals surface area contributed by atoms with Crippen LogP contribution in [-0.2, 0) is 17.6 Å². The summed E-state index contributed by atoms with van der Waals surface area (Å²) in [6.45, 7) is 0. The molecule has 1 amide bonds. The average molecular weight is 331 g/mol. The molecule has 0 saturated heterocycles. The number of rotatable bonds is 6. The van der Waals surface area contributed by atoms with Crippen molar-refractivity contribution in [3.63, 3.8) is 0 Å². The van der Waals surface area contributed by atoms with Crippen molar-refractivity contribution in [3.05, 3.63) is 65.7 Å². The van der Waals surface area contributed by atoms with Crippen LogP contribution in [0.5, 0.6) is 0 Å². The first-order valence-corrected chi connectivity index (χ1v) is 7.89. The fraction of sp³-hybridized carbons (Fsp3) is 0.316. The molecule has 1 aliphatic carbocycles. The molecular formula is C19H23ClN2O. The molecule has 0 aliphatic heterocycles. The molecule has 1 saturated carbocycles. The zero-order valence-electron chi connectivity index (χ0n) is 13.1. The van der Waals surface area contributed by atoms with Crippen LogP contribution in [-0.4, -0.2) is 11.4 Å². The predicted octanol–water partition coefficient (Wildman–Crippen LogP) is 3.71. The standard InChI is InChI=1S/C19H22N2O.ClH/c20-19(13-14-19)18(22)21-17-11-9-16(10-12-17)8-4-7-15-5-2-1-3-6-15;/h1-3,5-6,9-12H,4,7-8,13-14,20H2,(H,21,22);1H. The van der Waals surface area contributed by atoms with Crippen LogP contribution in [0.15, 0.2) is 54.6 Å². The molecule has 0 heterocycles. The van der Waals surface area contributed by atoms with Crippen molar-refractivity contribution in [2.45, 2.75) is 37.6 Å². The third-order valence-electron chi connectivity index (χ3n) is 4.23. The quantitative estimate of drug-likeness (QED) is 0.848. The highest BCUT2D eigenvalue weighted by molar-refractivity contribution is 6.00. The molecule has 3 rings (SSSR count). The van der Waals surface area contributed by atoms with Crippen LogP contribution in [0.25, 0.3) is 0 Å². The summed E-state index contributed by atoms with van der Waals surface area (Å²) in [6.07, 6.45) is 4.84. The number of aryl methyl sites for hydroxylation is 2. The summed E-state index contributed by atoms with van der Waals surface area (Å²) in [7, 11) is 0. The van der Waals surface area contributed by atoms with E-state index >= 15 is 0 Å². The van der Waals surface area contributed by atoms with Gasteiger partial charge in [0, 0.05) is 5.69 Å². The van der Waals surface area contributed by atoms with Gasteiger partial charge in [-0.2, -0.15) is 0 Å². The second-order valence-electron chi connectivity index (χ2n) is 6.15. The summed E-state index contributed by atoms with van der Waals surface area (Å²) in [6, 6.07) is 18.6. The van der Waals surface area contributed by atoms with Gasteiger partial charge in [-0.25, -0.2) is 0 Å². The number of nitrogens with one attached hydrogen (secondary N) is 1. The summed E-state index contributed by atoms with van der Waals surface area (Å²) >= 11 is 0. The molecule has 1 aliphatic rings. The van der Waals surface area contributed by atoms with Crippen molar-refractivity contribution >= 4 is 24.0 Å². The van der Waals surface area contributed by atoms with Gasteiger partial charge in [-0.15, -0.1) is 12.4 Å². The zero-order valence-corrected chi connectivity index (χ0v) is 13.9. The molecule has 0 atom stereocenters. The number of benzene rings is 2. The molecule has 23 heavy (non-hydrogen) atoms. The number of halogens is 1. The van der Waals surface area contributed by atoms with Crippen LogP contribution in [0.3, 0.4) is 0 Å². The van der Waals surface area contributed by atoms with Gasteiger partial charge in [0.15, 0.2) is 0 Å². The van der Waals surface area contributed by atoms with Crippen molar-refractivity contribution in [2.75, 3.05) is 5.32 Å². The Bertz CT molecular complexity index is 636. The second-order valence-corrected chi connectivity index (χ2v) is 6.15. The second kappa shape index (κ2) is 7.62. The van der Waals surface area contributed by atoms with E-state index in [0.717, 1.165) is 37.8 Å². The van der Waals surface area contributed by atoms with E-state index < -0.39 is 5.54 Å². The highest BCUT2D eigenvalue weighted by Gasteiger charge is 2.45. The van der Waals surface area contributed by atoms with Crippen LogP contribution in [0.4, 0.5) is 5.69 Å². The maximum absolute atomic E-state index is 11.9. The van der Waals surface area contributed by atoms with Gasteiger partial charge in [-0.3, -0.25) is 4.79 Å². The van der Waals surface area contributed by atoms with Gasteiger partial charge >= 0.3 is 0 Å². The molecule has 0 bridgehead atoms. The summed E-state index contributed by atoms with van der Waals surface area (Å²) in [4.78, 5) is 11.9. The van der Waals surface area contributed by atoms with E-state index in [2.05, 4.69) is 41.7 Å². The number of hydrogen-bond acceptors (Lipinski definition) is 2. The zero-order chi connectivity index (χ0) is 15.4. The molecule has 4 heteroatoms. The minimum atomic E-state index is -0.617. The SMILES string of the molecule is Cl.NC1(C(=O)Nc2ccc(CCCc3ccccc3)cc2)CC1. The molecule has 3 N–H and O–H groups in total. The van der Waals surface area contributed by atoms with E-state index in [1.807, 2.05) is 18.2 Å². The van der Waals surface area contributed by atoms with Crippen LogP contribution >= 0.6 is 12.4 Å². The van der Waals surface area contributed by atoms with Crippen LogP contribution < -0.4 is 11.1 Å². The Morgan fingerprint density at radius 3 is 2.09 bits per heavy atom. The monoisotopic (exact) mass is 330 g/mol. The Labute approximate surface area is 143 Å². The first kappa shape index (κ1) is 17.5. The maximum atomic E-state index is 11.9. The maximum Gasteiger partial charge on any atom is 0.244 e. The molecule has 1 fully saturated rings. The fourth-order valence-corrected chi connectivity index (χ4v) is 2.51. The molecule has 2 aromatic rings. The highest BCUT2D eigenvalue weighted by atomic mass is 35.5. The van der Waals surface area contributed by atoms with Crippen molar-refractivity contribution in [1.29, 1.82) is 0 Å². The van der Waals surface area contributed by atoms with Gasteiger partial charge in [-0.1, -0.05) is 42.5 Å². The first-order valence-electron chi connectivity index (χ1n) is 7.89. The van der Waals surface area contributed by atoms with Gasteiger partial charge in [0.05, 0.1) is 5.54 Å². The Balaban J connectivity index is 0.00000192. The smallest absolute Gasteiger partial charge is 0.244 e. The molecule has 0 spiro atoms. The van der Waals surface area contributed by atoms with Gasteiger partial charge in [0.2, 0.25) is 5.91 Å². The third kappa shape index (κ3) is 4.81. The van der Waals surface area contributed by atoms with Crippen LogP contribution in [0.2, 0.25) is 0 Å². The molecule has 2 aromatic carbocycles. The van der Waals surface area contributed by atoms with Gasteiger partial charge < -0.3 is 11.1 Å². The number of carbonyl (C=O) groups is 1. The molecule has 0 radical (unpaired) electrons. The van der Waals surface area contributed by atoms with E-state index in [0.29, 0.717) is 0 Å². The number of anilines is 1. The summed E-state index contributed by atoms with van der Waals surface area (Å²) in [5.41, 5.74) is 8.76. The predicted molar refractivity (Wildman–Crippen MR) is 96.9 cm³/mol. The number of amides is 1. The lowest BCUT2D eigenvalue weighted by Gasteiger charge is -2.10. The summed E-state index contributed by atoms with van der Waals surface area (Å²) in [5.74, 6) is -0.0654. The molecule has 3 nitrogen and oxygen atoms in total. The number of hydrogen-bond donors (Lipinski definition) is 2. The minimum absolute atomic E-state index is 0. The Morgan fingerprint density at radius 1 is 0.957 bits per heavy atom. The molecule has 0 unspecified atom stereocenters. The van der Waals surface area contributed by atoms with E-state index in [4.69, 9.17) is 5.73 Å². The van der Waals surface area contributed by atoms with Crippen molar-refractivity contribution in [1.82, 2.24) is 0 Å². The largest absolute Gasteiger partial charge is 0.324 e. The highest BCUT2D eigenvalue weighted by Crippen LogP contribution is 2.33. The summed E-state index contributed by atoms with van der Waals surface area (Å²) < 4.78 is 0. The number of nitrogens with two attached hydrogens (primary N) is 1. The minimum Gasteiger partial charge on any atom is -0.324 e. The average Bonchev–Trinajstić information content (AvgIpc) is 3.29. The van der Waals surface area contributed by atoms with Crippen LogP contribution in [0, 0.1) is 0 Å². The fourth-order valence-electron chi connectivity index (χ4n) is 2.51. The van der Waals surface area contributed by atoms with E-state index in [9.17, 15) is 4.79 Å². The normalized spacial score (nSPS) is 14.7. The Kier molecular flexibility index (Phi) is 5.80. The summed E-state index contributed by atoms with van der Waals surface area (Å²) in [5, 5.41) is 2.89. The Morgan fingerprint density at radius 2 is 1.52 bits per heavy atom. The van der Waals surface area contributed by atoms with E-state index in [1.165, 1.54) is 11.1 Å². The van der Waals surface area contributed by atoms with E-state index in [-0.39, 0.29) is 18.3 Å². The third-order valence-corrected chi connectivity index (χ3v) is 4.23. The van der Waals surface area contributed by atoms with Crippen LogP contribution in [0.1, 0.15) is 30.4 Å². The van der Waals surface area contributed by atoms with Gasteiger partial charge in [-0.05, 0) is 55.4 Å². The first-order chi connectivity index (χ1) is 10.7. The molecule has 0 aromatic heterocycles. The van der Waals surface area contributed by atoms with Crippen molar-refractivity contribution in [2.24, 2.45) is 5.73 Å². The molecular weight excluding hydrogens is 308 g/mol. The van der Waals surface area contributed by atoms with Crippen molar-refractivity contribution in [3.8, 4) is 0 Å². The van der Waals surface area contributed by atoms with Gasteiger partial charge in [0.25, 0.3) is 0 Å². The topological polar surface area (TPSA) is 55.1 Å². The van der Waals surface area contributed by atoms with Gasteiger partial charge in [0.1, 0.15) is 0 Å². The number of carbonyl (C=O) groups excluding carboxylic acids is 1. The Hall–Kier alpha value is -1.84. The van der Waals surface area contributed by atoms with E-state index in [1.54, 1.807) is 0 Å². The van der Waals surface area contributed by atoms with Crippen molar-refractivity contribution < 1.29 is 4.79 Å². The lowest BCUT2D eigenvalue weighted by atomic mass is 10.0. The lowest BCUT2D eigenvalue weighted by Crippen LogP contribution is -2.37.